The van der Waals surface area contributed by atoms with Crippen molar-refractivity contribution < 1.29 is 9.53 Å². The lowest BCUT2D eigenvalue weighted by Gasteiger charge is -2.12. The van der Waals surface area contributed by atoms with Crippen LogP contribution in [-0.4, -0.2) is 12.9 Å². The van der Waals surface area contributed by atoms with E-state index >= 15 is 0 Å². The van der Waals surface area contributed by atoms with Gasteiger partial charge in [-0.25, -0.2) is 0 Å². The molecule has 0 N–H and O–H groups in total. The van der Waals surface area contributed by atoms with Crippen molar-refractivity contribution in [1.82, 2.24) is 0 Å². The van der Waals surface area contributed by atoms with E-state index in [1.807, 2.05) is 18.2 Å². The molecular formula is C12H14O2. The molecule has 2 rings (SSSR count). The van der Waals surface area contributed by atoms with Crippen LogP contribution >= 0.6 is 0 Å². The van der Waals surface area contributed by atoms with E-state index in [0.717, 1.165) is 18.6 Å². The maximum atomic E-state index is 11.2. The van der Waals surface area contributed by atoms with Gasteiger partial charge in [0.2, 0.25) is 0 Å². The number of Topliss-reactive ketones (excluding diaryl/α,β-unsaturated/α-hetero) is 1. The second kappa shape index (κ2) is 3.82. The summed E-state index contributed by atoms with van der Waals surface area (Å²) in [4.78, 5) is 11.2. The molecule has 0 aliphatic heterocycles. The van der Waals surface area contributed by atoms with Crippen molar-refractivity contribution in [2.24, 2.45) is 0 Å². The van der Waals surface area contributed by atoms with E-state index in [1.165, 1.54) is 5.56 Å². The molecule has 1 aliphatic carbocycles. The number of benzene rings is 1. The zero-order valence-corrected chi connectivity index (χ0v) is 8.32. The van der Waals surface area contributed by atoms with Crippen LogP contribution in [0.15, 0.2) is 24.3 Å². The molecule has 1 aromatic rings. The number of ether oxygens (including phenoxy) is 1. The minimum atomic E-state index is 0.374. The lowest BCUT2D eigenvalue weighted by Crippen LogP contribution is -1.97. The van der Waals surface area contributed by atoms with Gasteiger partial charge in [0.05, 0.1) is 7.11 Å². The van der Waals surface area contributed by atoms with Crippen molar-refractivity contribution in [3.63, 3.8) is 0 Å². The first-order valence-electron chi connectivity index (χ1n) is 4.96. The minimum absolute atomic E-state index is 0.374. The molecule has 1 fully saturated rings. The number of rotatable bonds is 2. The lowest BCUT2D eigenvalue weighted by molar-refractivity contribution is -0.117. The second-order valence-corrected chi connectivity index (χ2v) is 3.72. The summed E-state index contributed by atoms with van der Waals surface area (Å²) in [6.07, 6.45) is 2.38. The Morgan fingerprint density at radius 2 is 2.14 bits per heavy atom. The molecule has 0 spiro atoms. The predicted octanol–water partition coefficient (Wildman–Crippen LogP) is 2.53. The van der Waals surface area contributed by atoms with Crippen LogP contribution in [0, 0.1) is 0 Å². The van der Waals surface area contributed by atoms with E-state index in [0.29, 0.717) is 18.1 Å². The molecule has 0 saturated heterocycles. The summed E-state index contributed by atoms with van der Waals surface area (Å²) in [7, 11) is 1.68. The van der Waals surface area contributed by atoms with Crippen molar-refractivity contribution in [3.05, 3.63) is 29.8 Å². The van der Waals surface area contributed by atoms with Crippen molar-refractivity contribution in [3.8, 4) is 5.75 Å². The van der Waals surface area contributed by atoms with Crippen LogP contribution in [0.5, 0.6) is 5.75 Å². The zero-order valence-electron chi connectivity index (χ0n) is 8.32. The normalized spacial score (nSPS) is 21.2. The third-order valence-corrected chi connectivity index (χ3v) is 2.82. The van der Waals surface area contributed by atoms with Crippen molar-refractivity contribution >= 4 is 5.78 Å². The highest BCUT2D eigenvalue weighted by Gasteiger charge is 2.25. The molecule has 0 bridgehead atoms. The maximum Gasteiger partial charge on any atom is 0.133 e. The lowest BCUT2D eigenvalue weighted by atomic mass is 9.97. The molecule has 2 heteroatoms. The maximum absolute atomic E-state index is 11.2. The topological polar surface area (TPSA) is 26.3 Å². The molecule has 0 radical (unpaired) electrons. The van der Waals surface area contributed by atoms with E-state index in [4.69, 9.17) is 4.74 Å². The molecule has 0 amide bonds. The molecule has 1 atom stereocenters. The van der Waals surface area contributed by atoms with Crippen molar-refractivity contribution in [1.29, 1.82) is 0 Å². The van der Waals surface area contributed by atoms with Gasteiger partial charge in [0, 0.05) is 12.8 Å². The standard InChI is InChI=1S/C12H14O2/c1-14-12-5-3-2-4-11(12)9-6-7-10(13)8-9/h2-5,9H,6-8H2,1H3/t9-/m1/s1. The number of carbonyl (C=O) groups is 1. The zero-order chi connectivity index (χ0) is 9.97. The summed E-state index contributed by atoms with van der Waals surface area (Å²) in [5.41, 5.74) is 1.18. The molecule has 2 nitrogen and oxygen atoms in total. The van der Waals surface area contributed by atoms with E-state index < -0.39 is 0 Å². The van der Waals surface area contributed by atoms with E-state index in [1.54, 1.807) is 7.11 Å². The van der Waals surface area contributed by atoms with Gasteiger partial charge in [0.15, 0.2) is 0 Å². The van der Waals surface area contributed by atoms with Crippen LogP contribution < -0.4 is 4.74 Å². The van der Waals surface area contributed by atoms with Gasteiger partial charge >= 0.3 is 0 Å². The molecular weight excluding hydrogens is 176 g/mol. The second-order valence-electron chi connectivity index (χ2n) is 3.72. The fourth-order valence-corrected chi connectivity index (χ4v) is 2.08. The van der Waals surface area contributed by atoms with Gasteiger partial charge in [0.1, 0.15) is 11.5 Å². The van der Waals surface area contributed by atoms with Crippen LogP contribution in [0.2, 0.25) is 0 Å². The summed E-state index contributed by atoms with van der Waals surface area (Å²) in [5.74, 6) is 1.66. The van der Waals surface area contributed by atoms with E-state index in [2.05, 4.69) is 6.07 Å². The third-order valence-electron chi connectivity index (χ3n) is 2.82. The third kappa shape index (κ3) is 1.65. The van der Waals surface area contributed by atoms with Gasteiger partial charge in [-0.15, -0.1) is 0 Å². The van der Waals surface area contributed by atoms with Gasteiger partial charge in [0.25, 0.3) is 0 Å². The van der Waals surface area contributed by atoms with Crippen molar-refractivity contribution in [2.45, 2.75) is 25.2 Å². The Balaban J connectivity index is 2.27. The number of hydrogen-bond donors (Lipinski definition) is 0. The highest BCUT2D eigenvalue weighted by molar-refractivity contribution is 5.81. The number of hydrogen-bond acceptors (Lipinski definition) is 2. The van der Waals surface area contributed by atoms with Crippen LogP contribution in [0.3, 0.4) is 0 Å². The Morgan fingerprint density at radius 1 is 1.36 bits per heavy atom. The molecule has 1 saturated carbocycles. The van der Waals surface area contributed by atoms with Gasteiger partial charge in [-0.3, -0.25) is 4.79 Å². The Kier molecular flexibility index (Phi) is 2.53. The number of ketones is 1. The summed E-state index contributed by atoms with van der Waals surface area (Å²) in [5, 5.41) is 0. The summed E-state index contributed by atoms with van der Waals surface area (Å²) >= 11 is 0. The monoisotopic (exact) mass is 190 g/mol. The fourth-order valence-electron chi connectivity index (χ4n) is 2.08. The van der Waals surface area contributed by atoms with E-state index in [-0.39, 0.29) is 0 Å². The smallest absolute Gasteiger partial charge is 0.133 e. The molecule has 74 valence electrons. The molecule has 1 aliphatic rings. The van der Waals surface area contributed by atoms with Crippen LogP contribution in [0.1, 0.15) is 30.7 Å². The Morgan fingerprint density at radius 3 is 2.79 bits per heavy atom. The average Bonchev–Trinajstić information content (AvgIpc) is 2.65. The average molecular weight is 190 g/mol. The SMILES string of the molecule is COc1ccccc1[C@@H]1CCC(=O)C1. The number of carbonyl (C=O) groups excluding carboxylic acids is 1. The number of methoxy groups -OCH3 is 1. The molecule has 0 aromatic heterocycles. The van der Waals surface area contributed by atoms with Gasteiger partial charge in [-0.1, -0.05) is 18.2 Å². The highest BCUT2D eigenvalue weighted by Crippen LogP contribution is 2.36. The molecule has 1 aromatic carbocycles. The van der Waals surface area contributed by atoms with Crippen LogP contribution in [0.4, 0.5) is 0 Å². The first-order chi connectivity index (χ1) is 6.81. The van der Waals surface area contributed by atoms with E-state index in [9.17, 15) is 4.79 Å². The molecule has 0 heterocycles. The van der Waals surface area contributed by atoms with Crippen LogP contribution in [-0.2, 0) is 4.79 Å². The number of para-hydroxylation sites is 1. The predicted molar refractivity (Wildman–Crippen MR) is 54.6 cm³/mol. The Labute approximate surface area is 83.9 Å². The van der Waals surface area contributed by atoms with Gasteiger partial charge in [-0.05, 0) is 24.0 Å². The molecule has 14 heavy (non-hydrogen) atoms. The largest absolute Gasteiger partial charge is 0.496 e. The summed E-state index contributed by atoms with van der Waals surface area (Å²) in [6, 6.07) is 7.97. The first kappa shape index (κ1) is 9.25. The minimum Gasteiger partial charge on any atom is -0.496 e. The Hall–Kier alpha value is -1.31. The first-order valence-corrected chi connectivity index (χ1v) is 4.96. The summed E-state index contributed by atoms with van der Waals surface area (Å²) in [6.45, 7) is 0. The fraction of sp³-hybridized carbons (Fsp3) is 0.417. The van der Waals surface area contributed by atoms with Gasteiger partial charge < -0.3 is 4.74 Å². The molecule has 0 unspecified atom stereocenters. The highest BCUT2D eigenvalue weighted by atomic mass is 16.5. The Bertz CT molecular complexity index is 344. The van der Waals surface area contributed by atoms with Crippen molar-refractivity contribution in [2.75, 3.05) is 7.11 Å². The summed E-state index contributed by atoms with van der Waals surface area (Å²) < 4.78 is 5.28. The van der Waals surface area contributed by atoms with Crippen LogP contribution in [0.25, 0.3) is 0 Å². The quantitative estimate of drug-likeness (QED) is 0.716. The van der Waals surface area contributed by atoms with Gasteiger partial charge in [-0.2, -0.15) is 0 Å².